The van der Waals surface area contributed by atoms with Crippen LogP contribution in [0.1, 0.15) is 44.7 Å². The Morgan fingerprint density at radius 2 is 2.17 bits per heavy atom. The van der Waals surface area contributed by atoms with Crippen LogP contribution in [0.4, 0.5) is 0 Å². The van der Waals surface area contributed by atoms with E-state index >= 15 is 0 Å². The maximum absolute atomic E-state index is 8.49. The number of nitrogens with one attached hydrogen (secondary N) is 1. The highest BCUT2D eigenvalue weighted by atomic mass is 16.5. The Labute approximate surface area is 110 Å². The number of nitrogens with zero attached hydrogens (tertiary/aromatic N) is 1. The first-order valence-corrected chi connectivity index (χ1v) is 6.61. The first-order chi connectivity index (χ1) is 8.79. The maximum Gasteiger partial charge on any atom is 0.124 e. The lowest BCUT2D eigenvalue weighted by atomic mass is 10.1. The van der Waals surface area contributed by atoms with Gasteiger partial charge in [-0.3, -0.25) is 0 Å². The highest BCUT2D eigenvalue weighted by Gasteiger charge is 2.09. The van der Waals surface area contributed by atoms with Crippen molar-refractivity contribution in [1.82, 2.24) is 5.32 Å². The number of para-hydroxylation sites is 1. The molecule has 0 fully saturated rings. The number of hydrogen-bond acceptors (Lipinski definition) is 3. The molecule has 3 heteroatoms. The average Bonchev–Trinajstić information content (AvgIpc) is 2.41. The van der Waals surface area contributed by atoms with Gasteiger partial charge in [0.15, 0.2) is 0 Å². The molecule has 0 spiro atoms. The van der Waals surface area contributed by atoms with Crippen molar-refractivity contribution in [3.8, 4) is 11.8 Å². The molecule has 1 unspecified atom stereocenters. The predicted octanol–water partition coefficient (Wildman–Crippen LogP) is 3.43. The van der Waals surface area contributed by atoms with Gasteiger partial charge in [0.1, 0.15) is 5.75 Å². The van der Waals surface area contributed by atoms with Gasteiger partial charge in [-0.15, -0.1) is 0 Å². The summed E-state index contributed by atoms with van der Waals surface area (Å²) in [4.78, 5) is 0. The maximum atomic E-state index is 8.49. The van der Waals surface area contributed by atoms with Gasteiger partial charge in [0.25, 0.3) is 0 Å². The first-order valence-electron chi connectivity index (χ1n) is 6.61. The van der Waals surface area contributed by atoms with Crippen molar-refractivity contribution < 1.29 is 4.74 Å². The minimum absolute atomic E-state index is 0.289. The molecule has 1 atom stereocenters. The Balaban J connectivity index is 2.58. The number of nitriles is 1. The number of ether oxygens (including phenoxy) is 1. The van der Waals surface area contributed by atoms with Crippen LogP contribution in [0.15, 0.2) is 24.3 Å². The van der Waals surface area contributed by atoms with E-state index in [1.165, 1.54) is 5.56 Å². The van der Waals surface area contributed by atoms with Crippen LogP contribution in [0.25, 0.3) is 0 Å². The number of hydrogen-bond donors (Lipinski definition) is 1. The second-order valence-corrected chi connectivity index (χ2v) is 4.32. The van der Waals surface area contributed by atoms with Crippen molar-refractivity contribution in [3.63, 3.8) is 0 Å². The van der Waals surface area contributed by atoms with Crippen molar-refractivity contribution in [3.05, 3.63) is 29.8 Å². The Bertz CT molecular complexity index is 384. The fraction of sp³-hybridized carbons (Fsp3) is 0.533. The summed E-state index contributed by atoms with van der Waals surface area (Å²) in [5.74, 6) is 0.923. The molecule has 18 heavy (non-hydrogen) atoms. The number of unbranched alkanes of at least 4 members (excludes halogenated alkanes) is 1. The molecule has 3 nitrogen and oxygen atoms in total. The van der Waals surface area contributed by atoms with E-state index in [-0.39, 0.29) is 6.04 Å². The summed E-state index contributed by atoms with van der Waals surface area (Å²) in [6.45, 7) is 5.91. The summed E-state index contributed by atoms with van der Waals surface area (Å²) in [7, 11) is 0. The lowest BCUT2D eigenvalue weighted by Gasteiger charge is -2.17. The summed E-state index contributed by atoms with van der Waals surface area (Å²) in [6.07, 6.45) is 2.45. The Hall–Kier alpha value is -1.53. The van der Waals surface area contributed by atoms with Crippen molar-refractivity contribution >= 4 is 0 Å². The van der Waals surface area contributed by atoms with Crippen LogP contribution >= 0.6 is 0 Å². The molecule has 0 aliphatic rings. The van der Waals surface area contributed by atoms with Gasteiger partial charge >= 0.3 is 0 Å². The molecule has 0 aliphatic carbocycles. The highest BCUT2D eigenvalue weighted by Crippen LogP contribution is 2.24. The topological polar surface area (TPSA) is 45.0 Å². The van der Waals surface area contributed by atoms with E-state index in [2.05, 4.69) is 31.3 Å². The van der Waals surface area contributed by atoms with Crippen molar-refractivity contribution in [2.75, 3.05) is 13.2 Å². The number of rotatable bonds is 8. The lowest BCUT2D eigenvalue weighted by Crippen LogP contribution is -2.20. The van der Waals surface area contributed by atoms with Crippen molar-refractivity contribution in [1.29, 1.82) is 5.26 Å². The van der Waals surface area contributed by atoms with Crippen LogP contribution in [-0.2, 0) is 0 Å². The predicted molar refractivity (Wildman–Crippen MR) is 73.5 cm³/mol. The molecule has 0 radical (unpaired) electrons. The first kappa shape index (κ1) is 14.5. The second-order valence-electron chi connectivity index (χ2n) is 4.32. The fourth-order valence-corrected chi connectivity index (χ4v) is 1.77. The van der Waals surface area contributed by atoms with Gasteiger partial charge in [0.2, 0.25) is 0 Å². The van der Waals surface area contributed by atoms with Gasteiger partial charge in [-0.1, -0.05) is 25.1 Å². The molecule has 0 heterocycles. The SMILES string of the molecule is CCCNC(C)c1ccccc1OCCCC#N. The molecular formula is C15H22N2O. The molecule has 0 saturated carbocycles. The zero-order valence-corrected chi connectivity index (χ0v) is 11.3. The fourth-order valence-electron chi connectivity index (χ4n) is 1.77. The lowest BCUT2D eigenvalue weighted by molar-refractivity contribution is 0.306. The summed E-state index contributed by atoms with van der Waals surface area (Å²) in [6, 6.07) is 10.5. The van der Waals surface area contributed by atoms with E-state index in [0.29, 0.717) is 13.0 Å². The molecule has 0 aliphatic heterocycles. The Morgan fingerprint density at radius 1 is 1.39 bits per heavy atom. The molecular weight excluding hydrogens is 224 g/mol. The minimum Gasteiger partial charge on any atom is -0.493 e. The summed E-state index contributed by atoms with van der Waals surface area (Å²) in [5, 5.41) is 11.9. The van der Waals surface area contributed by atoms with Gasteiger partial charge < -0.3 is 10.1 Å². The number of benzene rings is 1. The molecule has 1 aromatic rings. The van der Waals surface area contributed by atoms with Crippen molar-refractivity contribution in [2.24, 2.45) is 0 Å². The third-order valence-corrected chi connectivity index (χ3v) is 2.78. The zero-order chi connectivity index (χ0) is 13.2. The van der Waals surface area contributed by atoms with Crippen LogP contribution in [0, 0.1) is 11.3 Å². The van der Waals surface area contributed by atoms with Crippen LogP contribution < -0.4 is 10.1 Å². The van der Waals surface area contributed by atoms with Gasteiger partial charge in [-0.05, 0) is 32.4 Å². The normalized spacial score (nSPS) is 11.8. The standard InChI is InChI=1S/C15H22N2O/c1-3-11-17-13(2)14-8-4-5-9-15(14)18-12-7-6-10-16/h4-5,8-9,13,17H,3,6-7,11-12H2,1-2H3. The second kappa shape index (κ2) is 8.54. The summed E-state index contributed by atoms with van der Waals surface area (Å²) >= 11 is 0. The molecule has 0 amide bonds. The quantitative estimate of drug-likeness (QED) is 0.715. The molecule has 0 aromatic heterocycles. The molecule has 0 bridgehead atoms. The van der Waals surface area contributed by atoms with Crippen LogP contribution in [0.3, 0.4) is 0 Å². The molecule has 98 valence electrons. The molecule has 1 rings (SSSR count). The molecule has 1 aromatic carbocycles. The summed E-state index contributed by atoms with van der Waals surface area (Å²) < 4.78 is 5.75. The van der Waals surface area contributed by atoms with Crippen molar-refractivity contribution in [2.45, 2.75) is 39.2 Å². The van der Waals surface area contributed by atoms with Gasteiger partial charge in [-0.25, -0.2) is 0 Å². The van der Waals surface area contributed by atoms with E-state index < -0.39 is 0 Å². The Morgan fingerprint density at radius 3 is 2.89 bits per heavy atom. The summed E-state index contributed by atoms with van der Waals surface area (Å²) in [5.41, 5.74) is 1.18. The van der Waals surface area contributed by atoms with E-state index in [4.69, 9.17) is 10.00 Å². The largest absolute Gasteiger partial charge is 0.493 e. The van der Waals surface area contributed by atoms with E-state index in [1.54, 1.807) is 0 Å². The van der Waals surface area contributed by atoms with Gasteiger partial charge in [0.05, 0.1) is 12.7 Å². The monoisotopic (exact) mass is 246 g/mol. The Kier molecular flexibility index (Phi) is 6.90. The van der Waals surface area contributed by atoms with E-state index in [9.17, 15) is 0 Å². The highest BCUT2D eigenvalue weighted by molar-refractivity contribution is 5.35. The smallest absolute Gasteiger partial charge is 0.124 e. The van der Waals surface area contributed by atoms with Gasteiger partial charge in [-0.2, -0.15) is 5.26 Å². The van der Waals surface area contributed by atoms with E-state index in [1.807, 2.05) is 18.2 Å². The van der Waals surface area contributed by atoms with Crippen LogP contribution in [0.2, 0.25) is 0 Å². The third-order valence-electron chi connectivity index (χ3n) is 2.78. The minimum atomic E-state index is 0.289. The molecule has 0 saturated heterocycles. The van der Waals surface area contributed by atoms with Gasteiger partial charge in [0, 0.05) is 18.0 Å². The van der Waals surface area contributed by atoms with Crippen LogP contribution in [-0.4, -0.2) is 13.2 Å². The molecule has 1 N–H and O–H groups in total. The average molecular weight is 246 g/mol. The third kappa shape index (κ3) is 4.77. The van der Waals surface area contributed by atoms with E-state index in [0.717, 1.165) is 25.1 Å². The zero-order valence-electron chi connectivity index (χ0n) is 11.3. The van der Waals surface area contributed by atoms with Crippen LogP contribution in [0.5, 0.6) is 5.75 Å².